The summed E-state index contributed by atoms with van der Waals surface area (Å²) in [6.07, 6.45) is 3.72. The van der Waals surface area contributed by atoms with Crippen molar-refractivity contribution < 1.29 is 0 Å². The molecular weight excluding hydrogens is 330 g/mol. The Balaban J connectivity index is 1.33. The molecule has 0 spiro atoms. The van der Waals surface area contributed by atoms with Gasteiger partial charge in [0.1, 0.15) is 5.01 Å². The molecule has 1 saturated heterocycles. The minimum atomic E-state index is 0.0538. The molecule has 0 atom stereocenters. The molecule has 2 aromatic rings. The number of rotatable bonds is 3. The van der Waals surface area contributed by atoms with Crippen LogP contribution in [0.3, 0.4) is 0 Å². The average molecular weight is 358 g/mol. The summed E-state index contributed by atoms with van der Waals surface area (Å²) in [7, 11) is 0. The summed E-state index contributed by atoms with van der Waals surface area (Å²) in [5.74, 6) is 1.00. The lowest BCUT2D eigenvalue weighted by molar-refractivity contribution is 0.248. The maximum atomic E-state index is 4.84. The van der Waals surface area contributed by atoms with Crippen LogP contribution in [0.25, 0.3) is 0 Å². The number of hydrogen-bond donors (Lipinski definition) is 0. The Morgan fingerprint density at radius 3 is 2.48 bits per heavy atom. The number of piperazine rings is 1. The highest BCUT2D eigenvalue weighted by Crippen LogP contribution is 2.28. The molecule has 1 aliphatic heterocycles. The zero-order valence-electron chi connectivity index (χ0n) is 15.5. The molecule has 0 saturated carbocycles. The van der Waals surface area contributed by atoms with Crippen molar-refractivity contribution in [3.63, 3.8) is 0 Å². The van der Waals surface area contributed by atoms with Crippen molar-refractivity contribution in [2.45, 2.75) is 52.0 Å². The van der Waals surface area contributed by atoms with E-state index in [4.69, 9.17) is 4.98 Å². The van der Waals surface area contributed by atoms with E-state index in [1.54, 1.807) is 0 Å². The highest BCUT2D eigenvalue weighted by molar-refractivity contribution is 7.11. The third kappa shape index (κ3) is 3.70. The van der Waals surface area contributed by atoms with E-state index >= 15 is 0 Å². The summed E-state index contributed by atoms with van der Waals surface area (Å²) < 4.78 is 0. The molecule has 2 aliphatic rings. The highest BCUT2D eigenvalue weighted by atomic mass is 32.1. The summed E-state index contributed by atoms with van der Waals surface area (Å²) in [4.78, 5) is 11.2. The molecular formula is C19H27N5S. The number of aryl methyl sites for hydroxylation is 2. The van der Waals surface area contributed by atoms with Crippen LogP contribution >= 0.6 is 11.3 Å². The summed E-state index contributed by atoms with van der Waals surface area (Å²) in [6.45, 7) is 11.7. The molecule has 0 unspecified atom stereocenters. The second-order valence-electron chi connectivity index (χ2n) is 8.12. The van der Waals surface area contributed by atoms with Gasteiger partial charge in [-0.1, -0.05) is 20.8 Å². The van der Waals surface area contributed by atoms with Crippen LogP contribution in [-0.4, -0.2) is 46.3 Å². The van der Waals surface area contributed by atoms with Gasteiger partial charge in [0.05, 0.1) is 17.9 Å². The predicted octanol–water partition coefficient (Wildman–Crippen LogP) is 3.04. The molecule has 0 amide bonds. The van der Waals surface area contributed by atoms with E-state index in [2.05, 4.69) is 52.9 Å². The SMILES string of the molecule is CC(C)(C)c1ccc(N2CCN(Cc3nc4c(s3)CCC4)CC2)nn1. The Kier molecular flexibility index (Phi) is 4.50. The van der Waals surface area contributed by atoms with Crippen molar-refractivity contribution in [2.75, 3.05) is 31.1 Å². The lowest BCUT2D eigenvalue weighted by Gasteiger charge is -2.34. The van der Waals surface area contributed by atoms with E-state index in [0.717, 1.165) is 44.2 Å². The topological polar surface area (TPSA) is 45.2 Å². The molecule has 4 rings (SSSR count). The van der Waals surface area contributed by atoms with Crippen LogP contribution in [0.1, 0.15) is 48.5 Å². The third-order valence-corrected chi connectivity index (χ3v) is 6.26. The molecule has 134 valence electrons. The van der Waals surface area contributed by atoms with Crippen molar-refractivity contribution in [2.24, 2.45) is 0 Å². The fourth-order valence-corrected chi connectivity index (χ4v) is 4.73. The Morgan fingerprint density at radius 1 is 1.04 bits per heavy atom. The number of hydrogen-bond acceptors (Lipinski definition) is 6. The van der Waals surface area contributed by atoms with Crippen LogP contribution in [0.4, 0.5) is 5.82 Å². The number of nitrogens with zero attached hydrogens (tertiary/aromatic N) is 5. The van der Waals surface area contributed by atoms with E-state index in [0.29, 0.717) is 0 Å². The molecule has 1 fully saturated rings. The van der Waals surface area contributed by atoms with E-state index in [1.165, 1.54) is 34.8 Å². The van der Waals surface area contributed by atoms with Gasteiger partial charge in [0, 0.05) is 36.5 Å². The normalized spacial score (nSPS) is 18.6. The standard InChI is InChI=1S/C19H27N5S/c1-19(2,3)16-7-8-17(22-21-16)24-11-9-23(10-12-24)13-18-20-14-5-4-6-15(14)25-18/h7-8H,4-6,9-13H2,1-3H3. The Hall–Kier alpha value is -1.53. The van der Waals surface area contributed by atoms with Crippen molar-refractivity contribution in [3.05, 3.63) is 33.4 Å². The first-order chi connectivity index (χ1) is 12.0. The van der Waals surface area contributed by atoms with Gasteiger partial charge < -0.3 is 4.90 Å². The third-order valence-electron chi connectivity index (χ3n) is 5.11. The largest absolute Gasteiger partial charge is 0.353 e. The van der Waals surface area contributed by atoms with Crippen molar-refractivity contribution >= 4 is 17.2 Å². The second kappa shape index (κ2) is 6.65. The smallest absolute Gasteiger partial charge is 0.151 e. The highest BCUT2D eigenvalue weighted by Gasteiger charge is 2.22. The Labute approximate surface area is 154 Å². The summed E-state index contributed by atoms with van der Waals surface area (Å²) >= 11 is 1.93. The lowest BCUT2D eigenvalue weighted by Crippen LogP contribution is -2.46. The molecule has 0 radical (unpaired) electrons. The zero-order chi connectivity index (χ0) is 17.4. The van der Waals surface area contributed by atoms with Crippen LogP contribution in [-0.2, 0) is 24.8 Å². The van der Waals surface area contributed by atoms with Gasteiger partial charge in [-0.25, -0.2) is 4.98 Å². The minimum absolute atomic E-state index is 0.0538. The van der Waals surface area contributed by atoms with Gasteiger partial charge in [0.25, 0.3) is 0 Å². The first-order valence-corrected chi connectivity index (χ1v) is 10.1. The van der Waals surface area contributed by atoms with E-state index < -0.39 is 0 Å². The summed E-state index contributed by atoms with van der Waals surface area (Å²) in [5.41, 5.74) is 2.47. The molecule has 0 N–H and O–H groups in total. The van der Waals surface area contributed by atoms with Gasteiger partial charge in [0.2, 0.25) is 0 Å². The van der Waals surface area contributed by atoms with Crippen molar-refractivity contribution in [1.29, 1.82) is 0 Å². The van der Waals surface area contributed by atoms with E-state index in [-0.39, 0.29) is 5.41 Å². The molecule has 25 heavy (non-hydrogen) atoms. The lowest BCUT2D eigenvalue weighted by atomic mass is 9.92. The van der Waals surface area contributed by atoms with Crippen LogP contribution < -0.4 is 4.90 Å². The maximum Gasteiger partial charge on any atom is 0.151 e. The fraction of sp³-hybridized carbons (Fsp3) is 0.632. The second-order valence-corrected chi connectivity index (χ2v) is 9.29. The van der Waals surface area contributed by atoms with E-state index in [1.807, 2.05) is 11.3 Å². The molecule has 5 nitrogen and oxygen atoms in total. The van der Waals surface area contributed by atoms with E-state index in [9.17, 15) is 0 Å². The molecule has 0 bridgehead atoms. The van der Waals surface area contributed by atoms with Gasteiger partial charge in [-0.05, 0) is 31.4 Å². The fourth-order valence-electron chi connectivity index (χ4n) is 3.53. The van der Waals surface area contributed by atoms with Gasteiger partial charge in [-0.3, -0.25) is 4.90 Å². The summed E-state index contributed by atoms with van der Waals surface area (Å²) in [5, 5.41) is 10.2. The molecule has 1 aliphatic carbocycles. The van der Waals surface area contributed by atoms with Crippen LogP contribution in [0.2, 0.25) is 0 Å². The van der Waals surface area contributed by atoms with Crippen molar-refractivity contribution in [1.82, 2.24) is 20.1 Å². The molecule has 0 aromatic carbocycles. The number of thiazole rings is 1. The van der Waals surface area contributed by atoms with Crippen LogP contribution in [0, 0.1) is 0 Å². The molecule has 3 heterocycles. The Morgan fingerprint density at radius 2 is 1.84 bits per heavy atom. The number of aromatic nitrogens is 3. The maximum absolute atomic E-state index is 4.84. The van der Waals surface area contributed by atoms with Gasteiger partial charge in [0.15, 0.2) is 5.82 Å². The molecule has 2 aromatic heterocycles. The van der Waals surface area contributed by atoms with Crippen LogP contribution in [0.15, 0.2) is 12.1 Å². The van der Waals surface area contributed by atoms with Crippen molar-refractivity contribution in [3.8, 4) is 0 Å². The zero-order valence-corrected chi connectivity index (χ0v) is 16.3. The van der Waals surface area contributed by atoms with Crippen LogP contribution in [0.5, 0.6) is 0 Å². The van der Waals surface area contributed by atoms with Gasteiger partial charge >= 0.3 is 0 Å². The Bertz CT molecular complexity index is 702. The monoisotopic (exact) mass is 357 g/mol. The first kappa shape index (κ1) is 16.9. The summed E-state index contributed by atoms with van der Waals surface area (Å²) in [6, 6.07) is 4.24. The van der Waals surface area contributed by atoms with Gasteiger partial charge in [-0.15, -0.1) is 16.4 Å². The number of anilines is 1. The quantitative estimate of drug-likeness (QED) is 0.845. The average Bonchev–Trinajstić information content (AvgIpc) is 3.16. The van der Waals surface area contributed by atoms with Gasteiger partial charge in [-0.2, -0.15) is 5.10 Å². The minimum Gasteiger partial charge on any atom is -0.353 e. The molecule has 6 heteroatoms. The first-order valence-electron chi connectivity index (χ1n) is 9.28. The number of fused-ring (bicyclic) bond motifs is 1. The predicted molar refractivity (Wildman–Crippen MR) is 102 cm³/mol.